The van der Waals surface area contributed by atoms with Crippen LogP contribution in [0, 0.1) is 0 Å². The molecule has 8 heteroatoms. The van der Waals surface area contributed by atoms with Crippen LogP contribution >= 0.6 is 23.2 Å². The highest BCUT2D eigenvalue weighted by Gasteiger charge is 2.34. The number of halogens is 2. The van der Waals surface area contributed by atoms with Crippen LogP contribution in [0.2, 0.25) is 10.0 Å². The third-order valence-electron chi connectivity index (χ3n) is 3.89. The van der Waals surface area contributed by atoms with Crippen molar-refractivity contribution in [3.05, 3.63) is 57.4 Å². The van der Waals surface area contributed by atoms with Gasteiger partial charge in [-0.2, -0.15) is 0 Å². The van der Waals surface area contributed by atoms with Gasteiger partial charge in [0, 0.05) is 11.3 Å². The number of esters is 1. The Morgan fingerprint density at radius 1 is 1.27 bits per heavy atom. The summed E-state index contributed by atoms with van der Waals surface area (Å²) in [4.78, 5) is 24.2. The Bertz CT molecular complexity index is 904. The Kier molecular flexibility index (Phi) is 5.25. The summed E-state index contributed by atoms with van der Waals surface area (Å²) in [6.07, 6.45) is 0. The van der Waals surface area contributed by atoms with Gasteiger partial charge in [-0.15, -0.1) is 0 Å². The van der Waals surface area contributed by atoms with E-state index in [9.17, 15) is 9.59 Å². The molecule has 1 aromatic heterocycles. The largest absolute Gasteiger partial charge is 0.463 e. The lowest BCUT2D eigenvalue weighted by Gasteiger charge is -2.26. The molecule has 0 saturated heterocycles. The summed E-state index contributed by atoms with van der Waals surface area (Å²) in [5.74, 6) is 0.329. The third kappa shape index (κ3) is 3.43. The zero-order chi connectivity index (χ0) is 18.8. The fourth-order valence-corrected chi connectivity index (χ4v) is 3.13. The van der Waals surface area contributed by atoms with Gasteiger partial charge >= 0.3 is 12.0 Å². The van der Waals surface area contributed by atoms with Crippen molar-refractivity contribution in [3.63, 3.8) is 0 Å². The number of benzene rings is 1. The summed E-state index contributed by atoms with van der Waals surface area (Å²) in [5.41, 5.74) is 1.31. The van der Waals surface area contributed by atoms with Crippen LogP contribution in [0.5, 0.6) is 0 Å². The van der Waals surface area contributed by atoms with E-state index in [0.717, 1.165) is 0 Å². The molecular weight excluding hydrogens is 379 g/mol. The fourth-order valence-electron chi connectivity index (χ4n) is 2.73. The van der Waals surface area contributed by atoms with Gasteiger partial charge in [-0.3, -0.25) is 0 Å². The van der Waals surface area contributed by atoms with Gasteiger partial charge in [0.25, 0.3) is 0 Å². The number of allylic oxidation sites excluding steroid dienone is 1. The normalized spacial score (nSPS) is 16.9. The predicted molar refractivity (Wildman–Crippen MR) is 97.9 cm³/mol. The van der Waals surface area contributed by atoms with Crippen molar-refractivity contribution in [2.45, 2.75) is 19.9 Å². The molecule has 6 nitrogen and oxygen atoms in total. The molecular formula is C18H16Cl2N2O4. The van der Waals surface area contributed by atoms with E-state index in [4.69, 9.17) is 32.4 Å². The number of carbonyl (C=O) groups excluding carboxylic acids is 2. The molecule has 136 valence electrons. The molecule has 2 N–H and O–H groups in total. The van der Waals surface area contributed by atoms with Crippen molar-refractivity contribution >= 4 is 35.2 Å². The Labute approximate surface area is 160 Å². The highest BCUT2D eigenvalue weighted by molar-refractivity contribution is 6.43. The van der Waals surface area contributed by atoms with Crippen LogP contribution in [0.25, 0.3) is 11.3 Å². The van der Waals surface area contributed by atoms with Gasteiger partial charge in [0.05, 0.1) is 22.2 Å². The molecule has 0 fully saturated rings. The standard InChI is InChI=1S/C18H16Cl2N2O4/c1-3-25-17(23)14-9(2)21-18(24)22-16(14)13-8-7-12(26-13)10-5-4-6-11(19)15(10)20/h4-8,16H,3H2,1-2H3,(H2,21,22,24). The van der Waals surface area contributed by atoms with Gasteiger partial charge in [-0.1, -0.05) is 29.3 Å². The maximum absolute atomic E-state index is 12.3. The number of rotatable bonds is 4. The van der Waals surface area contributed by atoms with Crippen LogP contribution in [0.15, 0.2) is 46.0 Å². The number of hydrogen-bond donors (Lipinski definition) is 2. The molecule has 1 atom stereocenters. The monoisotopic (exact) mass is 394 g/mol. The predicted octanol–water partition coefficient (Wildman–Crippen LogP) is 4.44. The van der Waals surface area contributed by atoms with E-state index >= 15 is 0 Å². The number of furan rings is 1. The zero-order valence-electron chi connectivity index (χ0n) is 14.1. The molecule has 1 unspecified atom stereocenters. The SMILES string of the molecule is CCOC(=O)C1=C(C)NC(=O)NC1c1ccc(-c2cccc(Cl)c2Cl)o1. The highest BCUT2D eigenvalue weighted by Crippen LogP contribution is 2.37. The summed E-state index contributed by atoms with van der Waals surface area (Å²) in [7, 11) is 0. The second-order valence-corrected chi connectivity index (χ2v) is 6.38. The average Bonchev–Trinajstić information content (AvgIpc) is 3.06. The zero-order valence-corrected chi connectivity index (χ0v) is 15.6. The summed E-state index contributed by atoms with van der Waals surface area (Å²) < 4.78 is 11.0. The molecule has 0 spiro atoms. The first-order chi connectivity index (χ1) is 12.4. The summed E-state index contributed by atoms with van der Waals surface area (Å²) in [5, 5.41) is 6.02. The quantitative estimate of drug-likeness (QED) is 0.750. The first kappa shape index (κ1) is 18.4. The number of hydrogen-bond acceptors (Lipinski definition) is 4. The topological polar surface area (TPSA) is 80.6 Å². The van der Waals surface area contributed by atoms with E-state index in [1.807, 2.05) is 0 Å². The molecule has 2 aromatic rings. The van der Waals surface area contributed by atoms with E-state index in [2.05, 4.69) is 10.6 Å². The molecule has 0 bridgehead atoms. The maximum atomic E-state index is 12.3. The number of ether oxygens (including phenoxy) is 1. The van der Waals surface area contributed by atoms with Crippen molar-refractivity contribution in [1.82, 2.24) is 10.6 Å². The van der Waals surface area contributed by atoms with Crippen LogP contribution in [0.3, 0.4) is 0 Å². The van der Waals surface area contributed by atoms with Crippen LogP contribution in [0.1, 0.15) is 25.6 Å². The maximum Gasteiger partial charge on any atom is 0.338 e. The van der Waals surface area contributed by atoms with Gasteiger partial charge in [-0.25, -0.2) is 9.59 Å². The smallest absolute Gasteiger partial charge is 0.338 e. The third-order valence-corrected chi connectivity index (χ3v) is 4.71. The van der Waals surface area contributed by atoms with Gasteiger partial charge in [0.1, 0.15) is 17.6 Å². The van der Waals surface area contributed by atoms with Gasteiger partial charge in [0.15, 0.2) is 0 Å². The summed E-state index contributed by atoms with van der Waals surface area (Å²) >= 11 is 12.3. The molecule has 1 aromatic carbocycles. The second-order valence-electron chi connectivity index (χ2n) is 5.59. The molecule has 1 aliphatic heterocycles. The van der Waals surface area contributed by atoms with E-state index in [1.165, 1.54) is 0 Å². The minimum Gasteiger partial charge on any atom is -0.463 e. The molecule has 1 aliphatic rings. The van der Waals surface area contributed by atoms with Crippen molar-refractivity contribution in [3.8, 4) is 11.3 Å². The van der Waals surface area contributed by atoms with E-state index in [0.29, 0.717) is 32.8 Å². The first-order valence-corrected chi connectivity index (χ1v) is 8.67. The highest BCUT2D eigenvalue weighted by atomic mass is 35.5. The van der Waals surface area contributed by atoms with Crippen molar-refractivity contribution in [2.75, 3.05) is 6.61 Å². The van der Waals surface area contributed by atoms with Crippen LogP contribution in [0.4, 0.5) is 4.79 Å². The lowest BCUT2D eigenvalue weighted by molar-refractivity contribution is -0.139. The van der Waals surface area contributed by atoms with Crippen molar-refractivity contribution in [2.24, 2.45) is 0 Å². The van der Waals surface area contributed by atoms with Gasteiger partial charge in [0.2, 0.25) is 0 Å². The summed E-state index contributed by atoms with van der Waals surface area (Å²) in [6.45, 7) is 3.57. The Balaban J connectivity index is 2.01. The van der Waals surface area contributed by atoms with E-state index in [1.54, 1.807) is 44.2 Å². The molecule has 2 amide bonds. The molecule has 26 heavy (non-hydrogen) atoms. The Hall–Kier alpha value is -2.44. The molecule has 3 rings (SSSR count). The van der Waals surface area contributed by atoms with E-state index < -0.39 is 18.0 Å². The summed E-state index contributed by atoms with van der Waals surface area (Å²) in [6, 6.07) is 7.38. The number of urea groups is 1. The minimum absolute atomic E-state index is 0.220. The number of carbonyl (C=O) groups is 2. The second kappa shape index (κ2) is 7.43. The van der Waals surface area contributed by atoms with E-state index in [-0.39, 0.29) is 12.2 Å². The molecule has 0 radical (unpaired) electrons. The van der Waals surface area contributed by atoms with Crippen LogP contribution in [-0.2, 0) is 9.53 Å². The fraction of sp³-hybridized carbons (Fsp3) is 0.222. The van der Waals surface area contributed by atoms with Crippen LogP contribution < -0.4 is 10.6 Å². The van der Waals surface area contributed by atoms with Crippen molar-refractivity contribution < 1.29 is 18.7 Å². The average molecular weight is 395 g/mol. The number of nitrogens with one attached hydrogen (secondary N) is 2. The lowest BCUT2D eigenvalue weighted by Crippen LogP contribution is -2.45. The molecule has 0 aliphatic carbocycles. The molecule has 2 heterocycles. The first-order valence-electron chi connectivity index (χ1n) is 7.92. The molecule has 0 saturated carbocycles. The number of amides is 2. The van der Waals surface area contributed by atoms with Gasteiger partial charge < -0.3 is 19.8 Å². The van der Waals surface area contributed by atoms with Crippen molar-refractivity contribution in [1.29, 1.82) is 0 Å². The minimum atomic E-state index is -0.769. The lowest BCUT2D eigenvalue weighted by atomic mass is 10.0. The Morgan fingerprint density at radius 2 is 2.04 bits per heavy atom. The van der Waals surface area contributed by atoms with Crippen LogP contribution in [-0.4, -0.2) is 18.6 Å². The Morgan fingerprint density at radius 3 is 2.77 bits per heavy atom. The van der Waals surface area contributed by atoms with Gasteiger partial charge in [-0.05, 0) is 38.1 Å².